The highest BCUT2D eigenvalue weighted by molar-refractivity contribution is 6.43. The number of anilines is 1. The molecule has 4 atom stereocenters. The molecule has 5 rings (SSSR count). The van der Waals surface area contributed by atoms with Gasteiger partial charge in [0.25, 0.3) is 0 Å². The molecule has 2 heterocycles. The highest BCUT2D eigenvalue weighted by Crippen LogP contribution is 2.51. The monoisotopic (exact) mass is 505 g/mol. The standard InChI is InChI=1S/C28H29BClNO5/c1-16(12-18-9-10-20(32)14-23(18)30)8-11-24-25-17(2)13-21-26(22(25)15-29(35)36-24)28(34)31(27(21)33)19-6-4-3-5-7-19/h3-7,9-10,12,14,21-22,24,26,32,35H,8,11,13,15H2,1-2H3/b16-12+/t21-,22+,24-,26-/m1/s1. The normalized spacial score (nSPS) is 26.4. The summed E-state index contributed by atoms with van der Waals surface area (Å²) in [5, 5.41) is 20.7. The second-order valence-corrected chi connectivity index (χ2v) is 10.5. The summed E-state index contributed by atoms with van der Waals surface area (Å²) < 4.78 is 5.99. The molecule has 36 heavy (non-hydrogen) atoms. The minimum absolute atomic E-state index is 0.120. The van der Waals surface area contributed by atoms with E-state index in [2.05, 4.69) is 0 Å². The van der Waals surface area contributed by atoms with Gasteiger partial charge in [-0.15, -0.1) is 0 Å². The zero-order valence-corrected chi connectivity index (χ0v) is 21.1. The van der Waals surface area contributed by atoms with Crippen molar-refractivity contribution in [2.45, 2.75) is 45.5 Å². The number of carbonyl (C=O) groups is 2. The number of hydrogen-bond donors (Lipinski definition) is 2. The van der Waals surface area contributed by atoms with Crippen LogP contribution in [0.1, 0.15) is 38.7 Å². The van der Waals surface area contributed by atoms with Crippen LogP contribution in [0.15, 0.2) is 65.3 Å². The van der Waals surface area contributed by atoms with E-state index in [1.165, 1.54) is 11.0 Å². The van der Waals surface area contributed by atoms with Crippen molar-refractivity contribution in [2.75, 3.05) is 4.90 Å². The Morgan fingerprint density at radius 1 is 1.17 bits per heavy atom. The summed E-state index contributed by atoms with van der Waals surface area (Å²) >= 11 is 6.25. The van der Waals surface area contributed by atoms with E-state index < -0.39 is 19.0 Å². The maximum atomic E-state index is 13.6. The third-order valence-electron chi connectivity index (χ3n) is 7.65. The Morgan fingerprint density at radius 3 is 2.64 bits per heavy atom. The second kappa shape index (κ2) is 9.89. The molecule has 2 amide bonds. The molecule has 1 aliphatic carbocycles. The van der Waals surface area contributed by atoms with Crippen LogP contribution in [0.3, 0.4) is 0 Å². The molecular weight excluding hydrogens is 477 g/mol. The van der Waals surface area contributed by atoms with Crippen molar-refractivity contribution in [3.05, 3.63) is 75.8 Å². The number of hydrogen-bond acceptors (Lipinski definition) is 5. The maximum Gasteiger partial charge on any atom is 0.455 e. The highest BCUT2D eigenvalue weighted by Gasteiger charge is 2.57. The van der Waals surface area contributed by atoms with Crippen molar-refractivity contribution in [2.24, 2.45) is 17.8 Å². The zero-order chi connectivity index (χ0) is 25.6. The maximum absolute atomic E-state index is 13.6. The number of imide groups is 1. The number of amides is 2. The van der Waals surface area contributed by atoms with Gasteiger partial charge < -0.3 is 14.8 Å². The van der Waals surface area contributed by atoms with Crippen LogP contribution in [0.5, 0.6) is 5.75 Å². The number of phenolic OH excluding ortho intramolecular Hbond substituents is 1. The Bertz CT molecular complexity index is 1260. The van der Waals surface area contributed by atoms with Crippen molar-refractivity contribution in [1.82, 2.24) is 0 Å². The average molecular weight is 506 g/mol. The summed E-state index contributed by atoms with van der Waals surface area (Å²) in [5.74, 6) is -1.33. The molecular formula is C28H29BClNO5. The van der Waals surface area contributed by atoms with Crippen molar-refractivity contribution < 1.29 is 24.4 Å². The first-order valence-corrected chi connectivity index (χ1v) is 12.7. The van der Waals surface area contributed by atoms with Crippen LogP contribution in [-0.2, 0) is 14.2 Å². The molecule has 0 bridgehead atoms. The molecule has 6 nitrogen and oxygen atoms in total. The molecule has 3 aliphatic rings. The summed E-state index contributed by atoms with van der Waals surface area (Å²) in [6, 6.07) is 13.9. The number of benzene rings is 2. The van der Waals surface area contributed by atoms with Crippen LogP contribution in [0, 0.1) is 17.8 Å². The summed E-state index contributed by atoms with van der Waals surface area (Å²) in [4.78, 5) is 28.2. The van der Waals surface area contributed by atoms with E-state index in [-0.39, 0.29) is 29.6 Å². The Balaban J connectivity index is 1.38. The van der Waals surface area contributed by atoms with Crippen molar-refractivity contribution >= 4 is 42.3 Å². The minimum atomic E-state index is -0.986. The number of para-hydroxylation sites is 1. The average Bonchev–Trinajstić information content (AvgIpc) is 3.09. The van der Waals surface area contributed by atoms with Gasteiger partial charge >= 0.3 is 7.12 Å². The quantitative estimate of drug-likeness (QED) is 0.329. The van der Waals surface area contributed by atoms with E-state index in [9.17, 15) is 19.7 Å². The lowest BCUT2D eigenvalue weighted by molar-refractivity contribution is -0.122. The lowest BCUT2D eigenvalue weighted by Crippen LogP contribution is -2.46. The fraction of sp³-hybridized carbons (Fsp3) is 0.357. The number of carbonyl (C=O) groups excluding carboxylic acids is 2. The summed E-state index contributed by atoms with van der Waals surface area (Å²) in [6.07, 6.45) is 3.83. The molecule has 2 aromatic carbocycles. The fourth-order valence-electron chi connectivity index (χ4n) is 6.08. The van der Waals surface area contributed by atoms with Gasteiger partial charge in [0.2, 0.25) is 11.8 Å². The molecule has 0 saturated carbocycles. The Kier molecular flexibility index (Phi) is 6.81. The first-order chi connectivity index (χ1) is 17.2. The molecule has 8 heteroatoms. The number of aromatic hydroxyl groups is 1. The lowest BCUT2D eigenvalue weighted by Gasteiger charge is -2.42. The molecule has 186 valence electrons. The van der Waals surface area contributed by atoms with Gasteiger partial charge in [0.1, 0.15) is 5.75 Å². The van der Waals surface area contributed by atoms with E-state index in [1.54, 1.807) is 24.3 Å². The molecule has 2 saturated heterocycles. The zero-order valence-electron chi connectivity index (χ0n) is 20.4. The van der Waals surface area contributed by atoms with Crippen LogP contribution in [-0.4, -0.2) is 35.2 Å². The van der Waals surface area contributed by atoms with Crippen molar-refractivity contribution in [1.29, 1.82) is 0 Å². The highest BCUT2D eigenvalue weighted by atomic mass is 35.5. The molecule has 0 spiro atoms. The van der Waals surface area contributed by atoms with Gasteiger partial charge in [0.15, 0.2) is 0 Å². The minimum Gasteiger partial charge on any atom is -0.508 e. The number of halogens is 1. The first kappa shape index (κ1) is 24.8. The number of allylic oxidation sites excluding steroid dienone is 2. The number of phenols is 1. The van der Waals surface area contributed by atoms with Crippen LogP contribution in [0.25, 0.3) is 6.08 Å². The van der Waals surface area contributed by atoms with Gasteiger partial charge in [-0.25, -0.2) is 0 Å². The topological polar surface area (TPSA) is 87.1 Å². The van der Waals surface area contributed by atoms with Gasteiger partial charge in [-0.05, 0) is 86.8 Å². The third-order valence-corrected chi connectivity index (χ3v) is 7.98. The lowest BCUT2D eigenvalue weighted by atomic mass is 9.59. The molecule has 2 aliphatic heterocycles. The largest absolute Gasteiger partial charge is 0.508 e. The van der Waals surface area contributed by atoms with Crippen LogP contribution in [0.2, 0.25) is 11.3 Å². The smallest absolute Gasteiger partial charge is 0.455 e. The number of nitrogens with zero attached hydrogens (tertiary/aromatic N) is 1. The predicted molar refractivity (Wildman–Crippen MR) is 140 cm³/mol. The number of fused-ring (bicyclic) bond motifs is 3. The van der Waals surface area contributed by atoms with Crippen LogP contribution >= 0.6 is 11.6 Å². The molecule has 2 fully saturated rings. The predicted octanol–water partition coefficient (Wildman–Crippen LogP) is 5.25. The van der Waals surface area contributed by atoms with Crippen molar-refractivity contribution in [3.8, 4) is 5.75 Å². The second-order valence-electron chi connectivity index (χ2n) is 10.1. The van der Waals surface area contributed by atoms with E-state index >= 15 is 0 Å². The van der Waals surface area contributed by atoms with E-state index in [0.717, 1.165) is 22.3 Å². The molecule has 0 radical (unpaired) electrons. The van der Waals surface area contributed by atoms with Gasteiger partial charge in [0, 0.05) is 0 Å². The van der Waals surface area contributed by atoms with Crippen LogP contribution in [0.4, 0.5) is 5.69 Å². The molecule has 0 aromatic heterocycles. The van der Waals surface area contributed by atoms with Gasteiger partial charge in [-0.2, -0.15) is 0 Å². The summed E-state index contributed by atoms with van der Waals surface area (Å²) in [6.45, 7) is 4.03. The molecule has 2 N–H and O–H groups in total. The summed E-state index contributed by atoms with van der Waals surface area (Å²) in [5.41, 5.74) is 4.64. The fourth-order valence-corrected chi connectivity index (χ4v) is 6.31. The third kappa shape index (κ3) is 4.51. The molecule has 0 unspecified atom stereocenters. The first-order valence-electron chi connectivity index (χ1n) is 12.4. The van der Waals surface area contributed by atoms with E-state index in [1.807, 2.05) is 38.1 Å². The molecule has 2 aromatic rings. The number of rotatable bonds is 5. The Morgan fingerprint density at radius 2 is 1.92 bits per heavy atom. The SMILES string of the molecule is CC1=C2[C@@H](CC/C(C)=C/c3ccc(O)cc3Cl)OB(O)C[C@@H]2[C@@H]2C(=O)N(c3ccccc3)C(=O)[C@@H]2C1. The Hall–Kier alpha value is -2.87. The van der Waals surface area contributed by atoms with E-state index in [0.29, 0.717) is 36.3 Å². The Labute approximate surface area is 216 Å². The van der Waals surface area contributed by atoms with Crippen LogP contribution < -0.4 is 4.90 Å². The van der Waals surface area contributed by atoms with Gasteiger partial charge in [-0.1, -0.05) is 47.0 Å². The van der Waals surface area contributed by atoms with E-state index in [4.69, 9.17) is 16.3 Å². The van der Waals surface area contributed by atoms with Gasteiger partial charge in [0.05, 0.1) is 28.6 Å². The summed E-state index contributed by atoms with van der Waals surface area (Å²) in [7, 11) is -0.986. The van der Waals surface area contributed by atoms with Crippen molar-refractivity contribution in [3.63, 3.8) is 0 Å². The van der Waals surface area contributed by atoms with Gasteiger partial charge in [-0.3, -0.25) is 14.5 Å².